The van der Waals surface area contributed by atoms with Gasteiger partial charge < -0.3 is 0 Å². The maximum Gasteiger partial charge on any atom is 0.307 e. The number of nitrogens with zero attached hydrogens (tertiary/aromatic N) is 3. The van der Waals surface area contributed by atoms with E-state index in [1.165, 1.54) is 9.91 Å². The Hall–Kier alpha value is -1.06. The molecule has 4 heteroatoms. The lowest BCUT2D eigenvalue weighted by molar-refractivity contribution is 0.328. The number of hydrogen-bond acceptors (Lipinski definition) is 3. The van der Waals surface area contributed by atoms with Crippen LogP contribution in [0.15, 0.2) is 17.5 Å². The summed E-state index contributed by atoms with van der Waals surface area (Å²) < 4.78 is 12.9. The lowest BCUT2D eigenvalue weighted by atomic mass is 10.3. The monoisotopic (exact) mass is 157 g/mol. The zero-order chi connectivity index (χ0) is 8.59. The van der Waals surface area contributed by atoms with Crippen molar-refractivity contribution in [3.05, 3.63) is 12.4 Å². The Morgan fingerprint density at radius 3 is 2.27 bits per heavy atom. The fraction of sp³-hybridized carbons (Fsp3) is 0.571. The molecule has 0 amide bonds. The summed E-state index contributed by atoms with van der Waals surface area (Å²) in [6.07, 6.45) is -0.479. The Morgan fingerprint density at radius 2 is 2.09 bits per heavy atom. The lowest BCUT2D eigenvalue weighted by Crippen LogP contribution is -2.31. The average molecular weight is 157 g/mol. The number of hydrogen-bond donors (Lipinski definition) is 0. The Balaban J connectivity index is 2.83. The van der Waals surface area contributed by atoms with E-state index in [1.807, 2.05) is 13.8 Å². The molecule has 62 valence electrons. The van der Waals surface area contributed by atoms with Crippen molar-refractivity contribution in [3.8, 4) is 0 Å². The van der Waals surface area contributed by atoms with E-state index >= 15 is 0 Å². The van der Waals surface area contributed by atoms with Crippen LogP contribution in [0, 0.1) is 0 Å². The summed E-state index contributed by atoms with van der Waals surface area (Å²) in [5.74, 6) is 0.581. The maximum absolute atomic E-state index is 12.9. The molecule has 1 rings (SSSR count). The molecule has 0 fully saturated rings. The van der Waals surface area contributed by atoms with E-state index in [1.54, 1.807) is 7.05 Å². The van der Waals surface area contributed by atoms with Crippen molar-refractivity contribution >= 4 is 6.09 Å². The molecule has 0 aromatic rings. The first kappa shape index (κ1) is 8.04. The summed E-state index contributed by atoms with van der Waals surface area (Å²) >= 11 is 0. The molecular formula is C7H12FN3. The highest BCUT2D eigenvalue weighted by molar-refractivity contribution is 5.76. The average Bonchev–Trinajstić information content (AvgIpc) is 2.07. The fourth-order valence-corrected chi connectivity index (χ4v) is 1.00. The summed E-state index contributed by atoms with van der Waals surface area (Å²) in [5, 5.41) is 5.01. The standard InChI is InChI=1S/C7H12FN3/c1-5(2)11-6(3)10(4)9-7(11)8/h5H,3H2,1-2,4H3. The van der Waals surface area contributed by atoms with Crippen molar-refractivity contribution in [1.29, 1.82) is 0 Å². The van der Waals surface area contributed by atoms with Crippen LogP contribution in [0.5, 0.6) is 0 Å². The van der Waals surface area contributed by atoms with Crippen LogP contribution < -0.4 is 0 Å². The van der Waals surface area contributed by atoms with Crippen molar-refractivity contribution in [2.24, 2.45) is 5.10 Å². The predicted molar refractivity (Wildman–Crippen MR) is 42.4 cm³/mol. The van der Waals surface area contributed by atoms with Crippen molar-refractivity contribution in [2.75, 3.05) is 7.05 Å². The third-order valence-corrected chi connectivity index (χ3v) is 1.60. The van der Waals surface area contributed by atoms with Gasteiger partial charge in [-0.1, -0.05) is 6.58 Å². The lowest BCUT2D eigenvalue weighted by Gasteiger charge is -2.22. The van der Waals surface area contributed by atoms with Gasteiger partial charge >= 0.3 is 6.09 Å². The Morgan fingerprint density at radius 1 is 1.55 bits per heavy atom. The Bertz CT molecular complexity index is 210. The number of rotatable bonds is 1. The van der Waals surface area contributed by atoms with Gasteiger partial charge in [0, 0.05) is 13.1 Å². The first-order chi connectivity index (χ1) is 5.04. The molecule has 0 saturated carbocycles. The zero-order valence-corrected chi connectivity index (χ0v) is 7.00. The number of hydrazone groups is 1. The van der Waals surface area contributed by atoms with Crippen LogP contribution >= 0.6 is 0 Å². The van der Waals surface area contributed by atoms with Crippen LogP contribution in [0.3, 0.4) is 0 Å². The minimum atomic E-state index is -0.479. The molecule has 11 heavy (non-hydrogen) atoms. The molecule has 0 aromatic heterocycles. The third kappa shape index (κ3) is 1.20. The molecule has 0 spiro atoms. The van der Waals surface area contributed by atoms with Gasteiger partial charge in [0.1, 0.15) is 5.82 Å². The summed E-state index contributed by atoms with van der Waals surface area (Å²) in [6.45, 7) is 7.46. The van der Waals surface area contributed by atoms with Gasteiger partial charge in [-0.3, -0.25) is 4.90 Å². The van der Waals surface area contributed by atoms with Crippen molar-refractivity contribution in [2.45, 2.75) is 19.9 Å². The topological polar surface area (TPSA) is 18.8 Å². The first-order valence-electron chi connectivity index (χ1n) is 3.50. The van der Waals surface area contributed by atoms with Gasteiger partial charge in [-0.2, -0.15) is 4.39 Å². The highest BCUT2D eigenvalue weighted by Gasteiger charge is 2.26. The molecule has 0 N–H and O–H groups in total. The summed E-state index contributed by atoms with van der Waals surface area (Å²) in [4.78, 5) is 1.44. The van der Waals surface area contributed by atoms with E-state index in [2.05, 4.69) is 11.7 Å². The minimum Gasteiger partial charge on any atom is -0.284 e. The summed E-state index contributed by atoms with van der Waals surface area (Å²) in [7, 11) is 1.67. The second-order valence-corrected chi connectivity index (χ2v) is 2.77. The van der Waals surface area contributed by atoms with Gasteiger partial charge in [0.15, 0.2) is 0 Å². The summed E-state index contributed by atoms with van der Waals surface area (Å²) in [6, 6.07) is 0.0659. The van der Waals surface area contributed by atoms with Crippen LogP contribution in [0.25, 0.3) is 0 Å². The largest absolute Gasteiger partial charge is 0.307 e. The maximum atomic E-state index is 12.9. The molecule has 0 unspecified atom stereocenters. The van der Waals surface area contributed by atoms with E-state index in [-0.39, 0.29) is 6.04 Å². The highest BCUT2D eigenvalue weighted by atomic mass is 19.1. The number of amidine groups is 1. The zero-order valence-electron chi connectivity index (χ0n) is 7.00. The minimum absolute atomic E-state index is 0.0659. The van der Waals surface area contributed by atoms with E-state index in [4.69, 9.17) is 0 Å². The van der Waals surface area contributed by atoms with E-state index in [9.17, 15) is 4.39 Å². The summed E-state index contributed by atoms with van der Waals surface area (Å²) in [5.41, 5.74) is 0. The van der Waals surface area contributed by atoms with Gasteiger partial charge in [-0.05, 0) is 13.8 Å². The fourth-order valence-electron chi connectivity index (χ4n) is 1.00. The molecule has 0 aliphatic carbocycles. The van der Waals surface area contributed by atoms with Crippen molar-refractivity contribution in [3.63, 3.8) is 0 Å². The van der Waals surface area contributed by atoms with Crippen LogP contribution in [-0.4, -0.2) is 29.1 Å². The van der Waals surface area contributed by atoms with Gasteiger partial charge in [0.25, 0.3) is 0 Å². The second-order valence-electron chi connectivity index (χ2n) is 2.77. The second kappa shape index (κ2) is 2.53. The van der Waals surface area contributed by atoms with Gasteiger partial charge in [-0.15, -0.1) is 5.10 Å². The van der Waals surface area contributed by atoms with E-state index in [0.717, 1.165) is 0 Å². The van der Waals surface area contributed by atoms with Crippen LogP contribution in [0.2, 0.25) is 0 Å². The number of halogens is 1. The molecule has 1 aliphatic heterocycles. The van der Waals surface area contributed by atoms with Gasteiger partial charge in [0.05, 0.1) is 0 Å². The Kier molecular flexibility index (Phi) is 1.85. The van der Waals surface area contributed by atoms with Crippen LogP contribution in [-0.2, 0) is 0 Å². The molecule has 3 nitrogen and oxygen atoms in total. The quantitative estimate of drug-likeness (QED) is 0.535. The molecule has 0 radical (unpaired) electrons. The SMILES string of the molecule is C=C1N(C)N=C(F)N1C(C)C. The molecule has 1 aliphatic rings. The Labute approximate surface area is 65.8 Å². The van der Waals surface area contributed by atoms with Crippen LogP contribution in [0.1, 0.15) is 13.8 Å². The van der Waals surface area contributed by atoms with E-state index in [0.29, 0.717) is 5.82 Å². The smallest absolute Gasteiger partial charge is 0.284 e. The predicted octanol–water partition coefficient (Wildman–Crippen LogP) is 1.35. The first-order valence-corrected chi connectivity index (χ1v) is 3.50. The molecular weight excluding hydrogens is 145 g/mol. The van der Waals surface area contributed by atoms with Crippen molar-refractivity contribution in [1.82, 2.24) is 9.91 Å². The van der Waals surface area contributed by atoms with Gasteiger partial charge in [0.2, 0.25) is 0 Å². The molecule has 0 bridgehead atoms. The molecule has 0 saturated heterocycles. The van der Waals surface area contributed by atoms with Gasteiger partial charge in [-0.25, -0.2) is 5.01 Å². The normalized spacial score (nSPS) is 18.3. The molecule has 0 aromatic carbocycles. The molecule has 1 heterocycles. The highest BCUT2D eigenvalue weighted by Crippen LogP contribution is 2.19. The van der Waals surface area contributed by atoms with Crippen molar-refractivity contribution < 1.29 is 4.39 Å². The van der Waals surface area contributed by atoms with Crippen LogP contribution in [0.4, 0.5) is 4.39 Å². The molecule has 0 atom stereocenters. The van der Waals surface area contributed by atoms with E-state index < -0.39 is 6.09 Å². The third-order valence-electron chi connectivity index (χ3n) is 1.60.